The number of carbonyl (C=O) groups is 2. The van der Waals surface area contributed by atoms with E-state index < -0.39 is 11.6 Å². The molecule has 1 amide bonds. The van der Waals surface area contributed by atoms with E-state index in [1.54, 1.807) is 6.92 Å². The molecule has 0 aromatic carbocycles. The van der Waals surface area contributed by atoms with Crippen LogP contribution in [0.2, 0.25) is 0 Å². The lowest BCUT2D eigenvalue weighted by Gasteiger charge is -2.13. The Morgan fingerprint density at radius 1 is 1.36 bits per heavy atom. The van der Waals surface area contributed by atoms with Gasteiger partial charge in [0.2, 0.25) is 0 Å². The molecule has 0 bridgehead atoms. The summed E-state index contributed by atoms with van der Waals surface area (Å²) in [5.74, 6) is 0.0906. The second-order valence-corrected chi connectivity index (χ2v) is 2.98. The number of hydrogen-bond acceptors (Lipinski definition) is 3. The van der Waals surface area contributed by atoms with Gasteiger partial charge in [-0.05, 0) is 12.8 Å². The fourth-order valence-corrected chi connectivity index (χ4v) is 1.18. The van der Waals surface area contributed by atoms with Crippen LogP contribution in [0.3, 0.4) is 0 Å². The first kappa shape index (κ1) is 12.9. The summed E-state index contributed by atoms with van der Waals surface area (Å²) in [5.41, 5.74) is -0.582. The van der Waals surface area contributed by atoms with Gasteiger partial charge in [-0.1, -0.05) is 20.8 Å². The number of rotatable bonds is 3. The highest BCUT2D eigenvalue weighted by Crippen LogP contribution is 2.37. The molecule has 0 atom stereocenters. The molecule has 4 heteroatoms. The van der Waals surface area contributed by atoms with Gasteiger partial charge in [0.05, 0.1) is 7.11 Å². The van der Waals surface area contributed by atoms with Gasteiger partial charge in [-0.2, -0.15) is 0 Å². The Morgan fingerprint density at radius 3 is 2.14 bits per heavy atom. The first-order valence-corrected chi connectivity index (χ1v) is 5.04. The van der Waals surface area contributed by atoms with Gasteiger partial charge in [-0.25, -0.2) is 4.79 Å². The van der Waals surface area contributed by atoms with Crippen molar-refractivity contribution < 1.29 is 14.3 Å². The third-order valence-corrected chi connectivity index (χ3v) is 2.13. The summed E-state index contributed by atoms with van der Waals surface area (Å²) in [6.45, 7) is 5.79. The van der Waals surface area contributed by atoms with E-state index in [4.69, 9.17) is 0 Å². The van der Waals surface area contributed by atoms with Crippen LogP contribution in [0.15, 0.2) is 0 Å². The Bertz CT molecular complexity index is 209. The molecule has 0 aromatic heterocycles. The minimum Gasteiger partial charge on any atom is -0.453 e. The maximum Gasteiger partial charge on any atom is 0.407 e. The molecule has 1 fully saturated rings. The summed E-state index contributed by atoms with van der Waals surface area (Å²) in [5, 5.41) is 2.56. The molecule has 4 nitrogen and oxygen atoms in total. The molecule has 1 rings (SSSR count). The van der Waals surface area contributed by atoms with E-state index >= 15 is 0 Å². The van der Waals surface area contributed by atoms with Gasteiger partial charge >= 0.3 is 6.09 Å². The summed E-state index contributed by atoms with van der Waals surface area (Å²) < 4.78 is 4.42. The predicted molar refractivity (Wildman–Crippen MR) is 54.2 cm³/mol. The average Bonchev–Trinajstić information content (AvgIpc) is 3.00. The zero-order chi connectivity index (χ0) is 11.2. The fraction of sp³-hybridized carbons (Fsp3) is 0.800. The maximum atomic E-state index is 11.3. The maximum absolute atomic E-state index is 11.3. The van der Waals surface area contributed by atoms with E-state index in [0.717, 1.165) is 12.8 Å². The van der Waals surface area contributed by atoms with Crippen LogP contribution in [0.4, 0.5) is 4.79 Å². The van der Waals surface area contributed by atoms with Crippen molar-refractivity contribution in [3.05, 3.63) is 0 Å². The van der Waals surface area contributed by atoms with Crippen molar-refractivity contribution >= 4 is 11.9 Å². The largest absolute Gasteiger partial charge is 0.453 e. The van der Waals surface area contributed by atoms with Gasteiger partial charge in [0, 0.05) is 6.42 Å². The number of hydrogen-bond donors (Lipinski definition) is 1. The monoisotopic (exact) mass is 201 g/mol. The van der Waals surface area contributed by atoms with Crippen LogP contribution in [0, 0.1) is 0 Å². The molecule has 1 aliphatic carbocycles. The highest BCUT2D eigenvalue weighted by molar-refractivity contribution is 5.94. The van der Waals surface area contributed by atoms with Gasteiger partial charge in [0.1, 0.15) is 5.54 Å². The summed E-state index contributed by atoms with van der Waals surface area (Å²) in [6.07, 6.45) is 1.43. The average molecular weight is 201 g/mol. The molecule has 1 aliphatic rings. The molecule has 0 aliphatic heterocycles. The summed E-state index contributed by atoms with van der Waals surface area (Å²) in [6, 6.07) is 0. The van der Waals surface area contributed by atoms with E-state index in [-0.39, 0.29) is 5.78 Å². The Kier molecular flexibility index (Phi) is 5.20. The minimum absolute atomic E-state index is 0.0906. The van der Waals surface area contributed by atoms with Gasteiger partial charge in [-0.3, -0.25) is 4.79 Å². The van der Waals surface area contributed by atoms with Crippen LogP contribution in [-0.4, -0.2) is 24.5 Å². The van der Waals surface area contributed by atoms with Crippen molar-refractivity contribution in [3.8, 4) is 0 Å². The molecule has 0 unspecified atom stereocenters. The number of ketones is 1. The zero-order valence-corrected chi connectivity index (χ0v) is 9.35. The highest BCUT2D eigenvalue weighted by Gasteiger charge is 2.49. The Hall–Kier alpha value is -1.06. The molecule has 0 radical (unpaired) electrons. The molecule has 82 valence electrons. The molecular weight excluding hydrogens is 182 g/mol. The van der Waals surface area contributed by atoms with Crippen molar-refractivity contribution in [2.45, 2.75) is 45.6 Å². The molecule has 1 saturated carbocycles. The van der Waals surface area contributed by atoms with Crippen LogP contribution in [-0.2, 0) is 9.53 Å². The smallest absolute Gasteiger partial charge is 0.407 e. The summed E-state index contributed by atoms with van der Waals surface area (Å²) >= 11 is 0. The van der Waals surface area contributed by atoms with Gasteiger partial charge in [0.15, 0.2) is 5.78 Å². The summed E-state index contributed by atoms with van der Waals surface area (Å²) in [4.78, 5) is 22.1. The van der Waals surface area contributed by atoms with Gasteiger partial charge < -0.3 is 10.1 Å². The third-order valence-electron chi connectivity index (χ3n) is 2.13. The molecule has 14 heavy (non-hydrogen) atoms. The lowest BCUT2D eigenvalue weighted by molar-refractivity contribution is -0.121. The molecule has 0 aromatic rings. The van der Waals surface area contributed by atoms with Crippen LogP contribution >= 0.6 is 0 Å². The highest BCUT2D eigenvalue weighted by atomic mass is 16.5. The Balaban J connectivity index is 0.000000791. The Labute approximate surface area is 85.0 Å². The number of methoxy groups -OCH3 is 1. The van der Waals surface area contributed by atoms with Crippen molar-refractivity contribution in [1.29, 1.82) is 0 Å². The summed E-state index contributed by atoms with van der Waals surface area (Å²) in [7, 11) is 1.29. The Morgan fingerprint density at radius 2 is 1.86 bits per heavy atom. The molecule has 0 heterocycles. The SMILES string of the molecule is CC.CCC(=O)C1(NC(=O)OC)CC1. The van der Waals surface area contributed by atoms with E-state index in [1.165, 1.54) is 7.11 Å². The lowest BCUT2D eigenvalue weighted by atomic mass is 10.1. The molecule has 0 spiro atoms. The van der Waals surface area contributed by atoms with E-state index in [2.05, 4.69) is 10.1 Å². The number of alkyl carbamates (subject to hydrolysis) is 1. The third kappa shape index (κ3) is 3.01. The van der Waals surface area contributed by atoms with E-state index in [9.17, 15) is 9.59 Å². The number of ether oxygens (including phenoxy) is 1. The van der Waals surface area contributed by atoms with Crippen molar-refractivity contribution in [3.63, 3.8) is 0 Å². The first-order chi connectivity index (χ1) is 6.64. The van der Waals surface area contributed by atoms with Gasteiger partial charge in [0.25, 0.3) is 0 Å². The predicted octanol–water partition coefficient (Wildman–Crippen LogP) is 1.88. The van der Waals surface area contributed by atoms with Crippen molar-refractivity contribution in [1.82, 2.24) is 5.32 Å². The fourth-order valence-electron chi connectivity index (χ4n) is 1.18. The van der Waals surface area contributed by atoms with Gasteiger partial charge in [-0.15, -0.1) is 0 Å². The number of nitrogens with one attached hydrogen (secondary N) is 1. The number of Topliss-reactive ketones (excluding diaryl/α,β-unsaturated/α-hetero) is 1. The quantitative estimate of drug-likeness (QED) is 0.758. The van der Waals surface area contributed by atoms with E-state index in [1.807, 2.05) is 13.8 Å². The second kappa shape index (κ2) is 5.62. The van der Waals surface area contributed by atoms with Crippen LogP contribution in [0.1, 0.15) is 40.0 Å². The lowest BCUT2D eigenvalue weighted by Crippen LogP contribution is -2.42. The van der Waals surface area contributed by atoms with Crippen molar-refractivity contribution in [2.24, 2.45) is 0 Å². The molecular formula is C10H19NO3. The second-order valence-electron chi connectivity index (χ2n) is 2.98. The first-order valence-electron chi connectivity index (χ1n) is 5.04. The van der Waals surface area contributed by atoms with Crippen LogP contribution in [0.5, 0.6) is 0 Å². The van der Waals surface area contributed by atoms with E-state index in [0.29, 0.717) is 6.42 Å². The molecule has 0 saturated heterocycles. The standard InChI is InChI=1S/C8H13NO3.C2H6/c1-3-6(10)8(4-5-8)9-7(11)12-2;1-2/h3-5H2,1-2H3,(H,9,11);1-2H3. The molecule has 1 N–H and O–H groups in total. The number of amides is 1. The topological polar surface area (TPSA) is 55.4 Å². The normalized spacial score (nSPS) is 16.0. The van der Waals surface area contributed by atoms with Crippen LogP contribution < -0.4 is 5.32 Å². The zero-order valence-electron chi connectivity index (χ0n) is 9.35. The van der Waals surface area contributed by atoms with Crippen LogP contribution in [0.25, 0.3) is 0 Å². The van der Waals surface area contributed by atoms with Crippen molar-refractivity contribution in [2.75, 3.05) is 7.11 Å². The minimum atomic E-state index is -0.582. The number of carbonyl (C=O) groups excluding carboxylic acids is 2.